The number of carbonyl (C=O) groups is 1. The van der Waals surface area contributed by atoms with Crippen molar-refractivity contribution in [3.8, 4) is 0 Å². The first-order chi connectivity index (χ1) is 11.3. The van der Waals surface area contributed by atoms with E-state index in [1.165, 1.54) is 12.8 Å². The predicted molar refractivity (Wildman–Crippen MR) is 88.6 cm³/mol. The van der Waals surface area contributed by atoms with Gasteiger partial charge in [0.15, 0.2) is 0 Å². The zero-order valence-corrected chi connectivity index (χ0v) is 14.2. The number of hydrogen-bond donors (Lipinski definition) is 1. The van der Waals surface area contributed by atoms with Crippen molar-refractivity contribution in [1.29, 1.82) is 0 Å². The van der Waals surface area contributed by atoms with Crippen molar-refractivity contribution >= 4 is 6.03 Å². The van der Waals surface area contributed by atoms with Crippen LogP contribution in [0.1, 0.15) is 38.5 Å². The zero-order valence-electron chi connectivity index (χ0n) is 14.2. The molecule has 2 saturated heterocycles. The molecule has 2 amide bonds. The fourth-order valence-corrected chi connectivity index (χ4v) is 3.85. The quantitative estimate of drug-likeness (QED) is 0.831. The Bertz CT molecular complexity index is 362. The summed E-state index contributed by atoms with van der Waals surface area (Å²) in [6.07, 6.45) is 6.68. The van der Waals surface area contributed by atoms with E-state index in [0.29, 0.717) is 12.1 Å². The third-order valence-electron chi connectivity index (χ3n) is 5.34. The predicted octanol–water partition coefficient (Wildman–Crippen LogP) is 1.45. The maximum absolute atomic E-state index is 12.8. The third kappa shape index (κ3) is 5.06. The van der Waals surface area contributed by atoms with Gasteiger partial charge in [-0.25, -0.2) is 4.79 Å². The second-order valence-electron chi connectivity index (χ2n) is 6.92. The van der Waals surface area contributed by atoms with Gasteiger partial charge in [-0.3, -0.25) is 4.90 Å². The largest absolute Gasteiger partial charge is 0.381 e. The van der Waals surface area contributed by atoms with Gasteiger partial charge in [-0.05, 0) is 25.7 Å². The van der Waals surface area contributed by atoms with Gasteiger partial charge >= 0.3 is 6.03 Å². The van der Waals surface area contributed by atoms with Crippen LogP contribution in [-0.2, 0) is 9.47 Å². The van der Waals surface area contributed by atoms with Crippen molar-refractivity contribution in [2.24, 2.45) is 0 Å². The van der Waals surface area contributed by atoms with Crippen LogP contribution in [-0.4, -0.2) is 80.5 Å². The number of urea groups is 1. The van der Waals surface area contributed by atoms with Crippen LogP contribution >= 0.6 is 0 Å². The van der Waals surface area contributed by atoms with Crippen LogP contribution in [0.5, 0.6) is 0 Å². The molecule has 0 atom stereocenters. The van der Waals surface area contributed by atoms with E-state index in [1.54, 1.807) is 0 Å². The van der Waals surface area contributed by atoms with Crippen LogP contribution in [0, 0.1) is 0 Å². The molecule has 23 heavy (non-hydrogen) atoms. The Morgan fingerprint density at radius 3 is 2.35 bits per heavy atom. The van der Waals surface area contributed by atoms with E-state index in [9.17, 15) is 4.79 Å². The van der Waals surface area contributed by atoms with Gasteiger partial charge in [0.05, 0.1) is 13.2 Å². The smallest absolute Gasteiger partial charge is 0.317 e. The molecule has 6 nitrogen and oxygen atoms in total. The first-order valence-corrected chi connectivity index (χ1v) is 9.28. The Hall–Kier alpha value is -0.850. The minimum atomic E-state index is 0.136. The molecule has 6 heteroatoms. The van der Waals surface area contributed by atoms with E-state index in [2.05, 4.69) is 15.1 Å². The van der Waals surface area contributed by atoms with Gasteiger partial charge in [-0.1, -0.05) is 12.8 Å². The van der Waals surface area contributed by atoms with E-state index < -0.39 is 0 Å². The SMILES string of the molecule is O=C(NC1CCCC1)N(CCN1CCOCC1)C1CCOCC1. The number of hydrogen-bond acceptors (Lipinski definition) is 4. The molecule has 3 rings (SSSR count). The molecule has 0 aromatic carbocycles. The molecule has 0 aromatic rings. The van der Waals surface area contributed by atoms with E-state index in [0.717, 1.165) is 78.3 Å². The summed E-state index contributed by atoms with van der Waals surface area (Å²) in [4.78, 5) is 17.3. The van der Waals surface area contributed by atoms with Crippen molar-refractivity contribution in [3.63, 3.8) is 0 Å². The molecule has 0 bridgehead atoms. The minimum Gasteiger partial charge on any atom is -0.381 e. The van der Waals surface area contributed by atoms with Gasteiger partial charge in [0.25, 0.3) is 0 Å². The summed E-state index contributed by atoms with van der Waals surface area (Å²) >= 11 is 0. The van der Waals surface area contributed by atoms with Gasteiger partial charge in [-0.15, -0.1) is 0 Å². The Morgan fingerprint density at radius 2 is 1.65 bits per heavy atom. The van der Waals surface area contributed by atoms with Crippen molar-refractivity contribution < 1.29 is 14.3 Å². The molecule has 0 radical (unpaired) electrons. The molecular formula is C17H31N3O3. The zero-order chi connectivity index (χ0) is 15.9. The molecule has 0 unspecified atom stereocenters. The average Bonchev–Trinajstić information content (AvgIpc) is 3.10. The second kappa shape index (κ2) is 8.85. The summed E-state index contributed by atoms with van der Waals surface area (Å²) in [5.74, 6) is 0. The number of ether oxygens (including phenoxy) is 2. The van der Waals surface area contributed by atoms with Crippen LogP contribution in [0.15, 0.2) is 0 Å². The molecule has 0 spiro atoms. The standard InChI is InChI=1S/C17H31N3O3/c21-17(18-15-3-1-2-4-15)20(16-5-11-22-12-6-16)8-7-19-9-13-23-14-10-19/h15-16H,1-14H2,(H,18,21). The summed E-state index contributed by atoms with van der Waals surface area (Å²) in [5, 5.41) is 3.27. The summed E-state index contributed by atoms with van der Waals surface area (Å²) in [6, 6.07) is 0.844. The molecular weight excluding hydrogens is 294 g/mol. The van der Waals surface area contributed by atoms with E-state index in [1.807, 2.05) is 0 Å². The highest BCUT2D eigenvalue weighted by molar-refractivity contribution is 5.75. The highest BCUT2D eigenvalue weighted by Gasteiger charge is 2.28. The van der Waals surface area contributed by atoms with E-state index >= 15 is 0 Å². The Kier molecular flexibility index (Phi) is 6.54. The van der Waals surface area contributed by atoms with Crippen LogP contribution in [0.2, 0.25) is 0 Å². The monoisotopic (exact) mass is 325 g/mol. The molecule has 1 aliphatic carbocycles. The summed E-state index contributed by atoms with van der Waals surface area (Å²) in [5.41, 5.74) is 0. The highest BCUT2D eigenvalue weighted by atomic mass is 16.5. The first kappa shape index (κ1) is 17.0. The number of morpholine rings is 1. The molecule has 1 N–H and O–H groups in total. The number of nitrogens with one attached hydrogen (secondary N) is 1. The lowest BCUT2D eigenvalue weighted by Crippen LogP contribution is -2.53. The average molecular weight is 325 g/mol. The second-order valence-corrected chi connectivity index (χ2v) is 6.92. The Morgan fingerprint density at radius 1 is 1.00 bits per heavy atom. The van der Waals surface area contributed by atoms with Crippen molar-refractivity contribution in [3.05, 3.63) is 0 Å². The first-order valence-electron chi connectivity index (χ1n) is 9.28. The van der Waals surface area contributed by atoms with Crippen LogP contribution in [0.3, 0.4) is 0 Å². The molecule has 2 heterocycles. The van der Waals surface area contributed by atoms with Gasteiger partial charge in [0.2, 0.25) is 0 Å². The summed E-state index contributed by atoms with van der Waals surface area (Å²) in [7, 11) is 0. The normalized spacial score (nSPS) is 24.7. The molecule has 3 aliphatic rings. The number of carbonyl (C=O) groups excluding carboxylic acids is 1. The summed E-state index contributed by atoms with van der Waals surface area (Å²) in [6.45, 7) is 6.88. The van der Waals surface area contributed by atoms with Crippen molar-refractivity contribution in [2.45, 2.75) is 50.6 Å². The lowest BCUT2D eigenvalue weighted by atomic mass is 10.1. The number of rotatable bonds is 5. The van der Waals surface area contributed by atoms with Gasteiger partial charge in [0.1, 0.15) is 0 Å². The fourth-order valence-electron chi connectivity index (χ4n) is 3.85. The third-order valence-corrected chi connectivity index (χ3v) is 5.34. The van der Waals surface area contributed by atoms with Crippen LogP contribution in [0.4, 0.5) is 4.79 Å². The molecule has 0 aromatic heterocycles. The number of nitrogens with zero attached hydrogens (tertiary/aromatic N) is 2. The molecule has 2 aliphatic heterocycles. The lowest BCUT2D eigenvalue weighted by molar-refractivity contribution is 0.0224. The van der Waals surface area contributed by atoms with Crippen molar-refractivity contribution in [1.82, 2.24) is 15.1 Å². The lowest BCUT2D eigenvalue weighted by Gasteiger charge is -2.37. The maximum Gasteiger partial charge on any atom is 0.317 e. The molecule has 3 fully saturated rings. The van der Waals surface area contributed by atoms with E-state index in [4.69, 9.17) is 9.47 Å². The molecule has 1 saturated carbocycles. The number of amides is 2. The topological polar surface area (TPSA) is 54.0 Å². The fraction of sp³-hybridized carbons (Fsp3) is 0.941. The van der Waals surface area contributed by atoms with Crippen LogP contribution in [0.25, 0.3) is 0 Å². The van der Waals surface area contributed by atoms with Gasteiger partial charge in [-0.2, -0.15) is 0 Å². The maximum atomic E-state index is 12.8. The van der Waals surface area contributed by atoms with Crippen molar-refractivity contribution in [2.75, 3.05) is 52.6 Å². The van der Waals surface area contributed by atoms with E-state index in [-0.39, 0.29) is 6.03 Å². The summed E-state index contributed by atoms with van der Waals surface area (Å²) < 4.78 is 10.9. The molecule has 132 valence electrons. The Balaban J connectivity index is 1.54. The van der Waals surface area contributed by atoms with Crippen LogP contribution < -0.4 is 5.32 Å². The van der Waals surface area contributed by atoms with Gasteiger partial charge in [0, 0.05) is 51.5 Å². The highest BCUT2D eigenvalue weighted by Crippen LogP contribution is 2.20. The minimum absolute atomic E-state index is 0.136. The van der Waals surface area contributed by atoms with Gasteiger partial charge < -0.3 is 19.7 Å². The Labute approximate surface area is 139 Å².